The largest absolute Gasteiger partial charge is 0.468 e. The summed E-state index contributed by atoms with van der Waals surface area (Å²) in [4.78, 5) is 26.4. The molecule has 0 bridgehead atoms. The van der Waals surface area contributed by atoms with Gasteiger partial charge in [0.15, 0.2) is 0 Å². The first-order chi connectivity index (χ1) is 9.92. The fourth-order valence-corrected chi connectivity index (χ4v) is 2.04. The Hall–Kier alpha value is -2.41. The van der Waals surface area contributed by atoms with Crippen molar-refractivity contribution in [1.29, 1.82) is 0 Å². The van der Waals surface area contributed by atoms with Crippen molar-refractivity contribution in [3.8, 4) is 6.01 Å². The van der Waals surface area contributed by atoms with Crippen LogP contribution < -0.4 is 10.3 Å². The Kier molecular flexibility index (Phi) is 4.23. The topological polar surface area (TPSA) is 87.3 Å². The van der Waals surface area contributed by atoms with Crippen molar-refractivity contribution < 1.29 is 9.66 Å². The predicted molar refractivity (Wildman–Crippen MR) is 77.0 cm³/mol. The third-order valence-electron chi connectivity index (χ3n) is 2.85. The minimum Gasteiger partial charge on any atom is -0.468 e. The Morgan fingerprint density at radius 2 is 2.14 bits per heavy atom. The van der Waals surface area contributed by atoms with Crippen molar-refractivity contribution in [2.75, 3.05) is 7.11 Å². The SMILES string of the molecule is COc1nc(C)cc(=O)n1Cc1cc([N+](=O)[O-])ccc1Cl. The molecule has 0 radical (unpaired) electrons. The molecule has 0 saturated carbocycles. The monoisotopic (exact) mass is 309 g/mol. The van der Waals surface area contributed by atoms with Crippen LogP contribution in [0.3, 0.4) is 0 Å². The Morgan fingerprint density at radius 3 is 2.76 bits per heavy atom. The van der Waals surface area contributed by atoms with E-state index in [1.807, 2.05) is 0 Å². The zero-order valence-electron chi connectivity index (χ0n) is 11.4. The van der Waals surface area contributed by atoms with Crippen molar-refractivity contribution in [1.82, 2.24) is 9.55 Å². The summed E-state index contributed by atoms with van der Waals surface area (Å²) in [6, 6.07) is 5.54. The molecule has 7 nitrogen and oxygen atoms in total. The summed E-state index contributed by atoms with van der Waals surface area (Å²) in [5, 5.41) is 11.1. The average Bonchev–Trinajstić information content (AvgIpc) is 2.43. The van der Waals surface area contributed by atoms with E-state index in [4.69, 9.17) is 16.3 Å². The standard InChI is InChI=1S/C13H12ClN3O4/c1-8-5-12(18)16(13(15-8)21-2)7-9-6-10(17(19)20)3-4-11(9)14/h3-6H,7H2,1-2H3. The van der Waals surface area contributed by atoms with Crippen LogP contribution in [-0.2, 0) is 6.54 Å². The van der Waals surface area contributed by atoms with Crippen LogP contribution in [0.2, 0.25) is 5.02 Å². The van der Waals surface area contributed by atoms with Gasteiger partial charge in [-0.3, -0.25) is 19.5 Å². The van der Waals surface area contributed by atoms with Gasteiger partial charge in [-0.2, -0.15) is 0 Å². The number of hydrogen-bond donors (Lipinski definition) is 0. The van der Waals surface area contributed by atoms with Gasteiger partial charge in [-0.1, -0.05) is 11.6 Å². The summed E-state index contributed by atoms with van der Waals surface area (Å²) < 4.78 is 6.33. The highest BCUT2D eigenvalue weighted by atomic mass is 35.5. The van der Waals surface area contributed by atoms with Gasteiger partial charge < -0.3 is 4.74 Å². The third-order valence-corrected chi connectivity index (χ3v) is 3.22. The second-order valence-corrected chi connectivity index (χ2v) is 4.75. The number of halogens is 1. The summed E-state index contributed by atoms with van der Waals surface area (Å²) in [7, 11) is 1.40. The molecule has 1 heterocycles. The number of nitrogens with zero attached hydrogens (tertiary/aromatic N) is 3. The van der Waals surface area contributed by atoms with Gasteiger partial charge in [-0.15, -0.1) is 0 Å². The minimum atomic E-state index is -0.521. The molecule has 0 unspecified atom stereocenters. The van der Waals surface area contributed by atoms with Crippen molar-refractivity contribution in [2.24, 2.45) is 0 Å². The minimum absolute atomic E-state index is 0.0375. The second kappa shape index (κ2) is 5.92. The lowest BCUT2D eigenvalue weighted by molar-refractivity contribution is -0.384. The van der Waals surface area contributed by atoms with Gasteiger partial charge in [0.1, 0.15) is 0 Å². The van der Waals surface area contributed by atoms with Crippen LogP contribution in [0, 0.1) is 17.0 Å². The molecular weight excluding hydrogens is 298 g/mol. The highest BCUT2D eigenvalue weighted by molar-refractivity contribution is 6.31. The van der Waals surface area contributed by atoms with E-state index >= 15 is 0 Å². The van der Waals surface area contributed by atoms with Crippen LogP contribution in [0.4, 0.5) is 5.69 Å². The number of nitro groups is 1. The van der Waals surface area contributed by atoms with E-state index in [9.17, 15) is 14.9 Å². The molecular formula is C13H12ClN3O4. The zero-order valence-corrected chi connectivity index (χ0v) is 12.1. The first-order valence-electron chi connectivity index (χ1n) is 5.97. The Bertz CT molecular complexity index is 758. The summed E-state index contributed by atoms with van der Waals surface area (Å²) in [6.45, 7) is 1.71. The Labute approximate surface area is 124 Å². The number of nitro benzene ring substituents is 1. The molecule has 21 heavy (non-hydrogen) atoms. The fraction of sp³-hybridized carbons (Fsp3) is 0.231. The van der Waals surface area contributed by atoms with Gasteiger partial charge >= 0.3 is 0 Å². The van der Waals surface area contributed by atoms with Gasteiger partial charge in [-0.05, 0) is 18.6 Å². The van der Waals surface area contributed by atoms with Crippen LogP contribution in [0.1, 0.15) is 11.3 Å². The van der Waals surface area contributed by atoms with Gasteiger partial charge in [0.2, 0.25) is 0 Å². The lowest BCUT2D eigenvalue weighted by Gasteiger charge is -2.11. The van der Waals surface area contributed by atoms with E-state index in [-0.39, 0.29) is 23.8 Å². The van der Waals surface area contributed by atoms with E-state index in [0.29, 0.717) is 16.3 Å². The molecule has 2 aromatic rings. The van der Waals surface area contributed by atoms with Crippen molar-refractivity contribution in [2.45, 2.75) is 13.5 Å². The van der Waals surface area contributed by atoms with Crippen molar-refractivity contribution >= 4 is 17.3 Å². The molecule has 0 aliphatic carbocycles. The van der Waals surface area contributed by atoms with E-state index in [1.165, 1.54) is 35.9 Å². The fourth-order valence-electron chi connectivity index (χ4n) is 1.86. The number of rotatable bonds is 4. The predicted octanol–water partition coefficient (Wildman–Crippen LogP) is 2.17. The summed E-state index contributed by atoms with van der Waals surface area (Å²) in [5.41, 5.74) is 0.554. The normalized spacial score (nSPS) is 10.4. The molecule has 0 aliphatic rings. The Morgan fingerprint density at radius 1 is 1.43 bits per heavy atom. The molecule has 0 atom stereocenters. The second-order valence-electron chi connectivity index (χ2n) is 4.34. The number of ether oxygens (including phenoxy) is 1. The van der Waals surface area contributed by atoms with E-state index in [2.05, 4.69) is 4.98 Å². The maximum absolute atomic E-state index is 12.0. The van der Waals surface area contributed by atoms with Gasteiger partial charge in [-0.25, -0.2) is 4.98 Å². The molecule has 110 valence electrons. The lowest BCUT2D eigenvalue weighted by atomic mass is 10.2. The first kappa shape index (κ1) is 15.0. The summed E-state index contributed by atoms with van der Waals surface area (Å²) >= 11 is 6.03. The van der Waals surface area contributed by atoms with Crippen LogP contribution in [0.15, 0.2) is 29.1 Å². The van der Waals surface area contributed by atoms with Gasteiger partial charge in [0, 0.05) is 28.9 Å². The molecule has 2 rings (SSSR count). The van der Waals surface area contributed by atoms with Gasteiger partial charge in [0.25, 0.3) is 17.3 Å². The quantitative estimate of drug-likeness (QED) is 0.638. The number of aromatic nitrogens is 2. The van der Waals surface area contributed by atoms with Crippen molar-refractivity contribution in [3.05, 3.63) is 61.0 Å². The molecule has 0 fully saturated rings. The highest BCUT2D eigenvalue weighted by Crippen LogP contribution is 2.23. The number of non-ortho nitro benzene ring substituents is 1. The summed E-state index contributed by atoms with van der Waals surface area (Å²) in [6.07, 6.45) is 0. The number of benzene rings is 1. The third kappa shape index (κ3) is 3.19. The van der Waals surface area contributed by atoms with Crippen LogP contribution in [0.25, 0.3) is 0 Å². The first-order valence-corrected chi connectivity index (χ1v) is 6.35. The molecule has 0 saturated heterocycles. The Balaban J connectivity index is 2.50. The van der Waals surface area contributed by atoms with E-state index < -0.39 is 4.92 Å². The van der Waals surface area contributed by atoms with E-state index in [1.54, 1.807) is 6.92 Å². The highest BCUT2D eigenvalue weighted by Gasteiger charge is 2.13. The van der Waals surface area contributed by atoms with Crippen molar-refractivity contribution in [3.63, 3.8) is 0 Å². The zero-order chi connectivity index (χ0) is 15.6. The lowest BCUT2D eigenvalue weighted by Crippen LogP contribution is -2.23. The number of aryl methyl sites for hydroxylation is 1. The molecule has 1 aromatic carbocycles. The molecule has 8 heteroatoms. The average molecular weight is 310 g/mol. The van der Waals surface area contributed by atoms with Crippen LogP contribution in [0.5, 0.6) is 6.01 Å². The molecule has 0 amide bonds. The molecule has 1 aromatic heterocycles. The summed E-state index contributed by atoms with van der Waals surface area (Å²) in [5.74, 6) is 0. The molecule has 0 N–H and O–H groups in total. The van der Waals surface area contributed by atoms with Crippen LogP contribution in [-0.4, -0.2) is 21.6 Å². The van der Waals surface area contributed by atoms with E-state index in [0.717, 1.165) is 0 Å². The smallest absolute Gasteiger partial charge is 0.299 e. The number of hydrogen-bond acceptors (Lipinski definition) is 5. The number of methoxy groups -OCH3 is 1. The van der Waals surface area contributed by atoms with Crippen LogP contribution >= 0.6 is 11.6 Å². The molecule has 0 aliphatic heterocycles. The maximum Gasteiger partial charge on any atom is 0.299 e. The maximum atomic E-state index is 12.0. The molecule has 0 spiro atoms. The van der Waals surface area contributed by atoms with Gasteiger partial charge in [0.05, 0.1) is 18.6 Å².